The third-order valence-electron chi connectivity index (χ3n) is 3.94. The standard InChI is InChI=1S/C12H20N4O/c1-2-16-7-3-4-10(16)12-14-11(15-17-12)9-5-6-13-8-9/h9-10,13H,2-8H2,1H3. The fourth-order valence-corrected chi connectivity index (χ4v) is 2.91. The van der Waals surface area contributed by atoms with E-state index in [1.807, 2.05) is 0 Å². The Hall–Kier alpha value is -0.940. The lowest BCUT2D eigenvalue weighted by atomic mass is 10.1. The van der Waals surface area contributed by atoms with Gasteiger partial charge in [0.05, 0.1) is 6.04 Å². The smallest absolute Gasteiger partial charge is 0.244 e. The van der Waals surface area contributed by atoms with Crippen LogP contribution in [0.1, 0.15) is 49.9 Å². The van der Waals surface area contributed by atoms with Crippen LogP contribution >= 0.6 is 0 Å². The van der Waals surface area contributed by atoms with Crippen molar-refractivity contribution in [2.75, 3.05) is 26.2 Å². The van der Waals surface area contributed by atoms with Gasteiger partial charge in [0, 0.05) is 12.5 Å². The highest BCUT2D eigenvalue weighted by Crippen LogP contribution is 2.31. The highest BCUT2D eigenvalue weighted by atomic mass is 16.5. The summed E-state index contributed by atoms with van der Waals surface area (Å²) in [5.41, 5.74) is 0. The predicted molar refractivity (Wildman–Crippen MR) is 63.7 cm³/mol. The Morgan fingerprint density at radius 2 is 2.41 bits per heavy atom. The van der Waals surface area contributed by atoms with Gasteiger partial charge >= 0.3 is 0 Å². The van der Waals surface area contributed by atoms with E-state index >= 15 is 0 Å². The molecule has 0 spiro atoms. The summed E-state index contributed by atoms with van der Waals surface area (Å²) < 4.78 is 5.46. The summed E-state index contributed by atoms with van der Waals surface area (Å²) in [6.45, 7) is 6.47. The van der Waals surface area contributed by atoms with E-state index in [4.69, 9.17) is 4.52 Å². The summed E-state index contributed by atoms with van der Waals surface area (Å²) in [5, 5.41) is 7.50. The highest BCUT2D eigenvalue weighted by molar-refractivity contribution is 5.03. The van der Waals surface area contributed by atoms with Gasteiger partial charge in [0.25, 0.3) is 0 Å². The molecule has 1 aromatic rings. The quantitative estimate of drug-likeness (QED) is 0.857. The van der Waals surface area contributed by atoms with Gasteiger partial charge in [-0.15, -0.1) is 0 Å². The zero-order chi connectivity index (χ0) is 11.7. The molecule has 2 atom stereocenters. The molecular formula is C12H20N4O. The van der Waals surface area contributed by atoms with Crippen molar-refractivity contribution in [2.45, 2.75) is 38.1 Å². The first kappa shape index (κ1) is 11.2. The van der Waals surface area contributed by atoms with Gasteiger partial charge in [0.2, 0.25) is 5.89 Å². The van der Waals surface area contributed by atoms with Gasteiger partial charge in [0.15, 0.2) is 5.82 Å². The molecule has 0 saturated carbocycles. The molecule has 2 fully saturated rings. The van der Waals surface area contributed by atoms with E-state index in [0.717, 1.165) is 50.7 Å². The molecule has 3 heterocycles. The Kier molecular flexibility index (Phi) is 3.11. The van der Waals surface area contributed by atoms with Gasteiger partial charge in [0.1, 0.15) is 0 Å². The summed E-state index contributed by atoms with van der Waals surface area (Å²) in [5.74, 6) is 2.17. The third-order valence-corrected chi connectivity index (χ3v) is 3.94. The van der Waals surface area contributed by atoms with Crippen LogP contribution in [0.15, 0.2) is 4.52 Å². The predicted octanol–water partition coefficient (Wildman–Crippen LogP) is 1.30. The zero-order valence-electron chi connectivity index (χ0n) is 10.4. The summed E-state index contributed by atoms with van der Waals surface area (Å²) >= 11 is 0. The normalized spacial score (nSPS) is 30.2. The molecule has 5 nitrogen and oxygen atoms in total. The third kappa shape index (κ3) is 2.09. The number of rotatable bonds is 3. The molecule has 0 amide bonds. The van der Waals surface area contributed by atoms with Gasteiger partial charge in [-0.2, -0.15) is 4.98 Å². The lowest BCUT2D eigenvalue weighted by molar-refractivity contribution is 0.216. The fraction of sp³-hybridized carbons (Fsp3) is 0.833. The van der Waals surface area contributed by atoms with Crippen LogP contribution in [0.2, 0.25) is 0 Å². The second-order valence-electron chi connectivity index (χ2n) is 4.97. The van der Waals surface area contributed by atoms with Crippen LogP contribution in [0.3, 0.4) is 0 Å². The average Bonchev–Trinajstić information content (AvgIpc) is 3.09. The van der Waals surface area contributed by atoms with Gasteiger partial charge < -0.3 is 9.84 Å². The van der Waals surface area contributed by atoms with E-state index in [0.29, 0.717) is 12.0 Å². The molecule has 94 valence electrons. The fourth-order valence-electron chi connectivity index (χ4n) is 2.91. The summed E-state index contributed by atoms with van der Waals surface area (Å²) in [4.78, 5) is 7.03. The van der Waals surface area contributed by atoms with E-state index in [-0.39, 0.29) is 0 Å². The average molecular weight is 236 g/mol. The first-order valence-electron chi connectivity index (χ1n) is 6.66. The van der Waals surface area contributed by atoms with Crippen molar-refractivity contribution < 1.29 is 4.52 Å². The largest absolute Gasteiger partial charge is 0.338 e. The molecule has 2 aliphatic heterocycles. The maximum Gasteiger partial charge on any atom is 0.244 e. The molecule has 5 heteroatoms. The van der Waals surface area contributed by atoms with Gasteiger partial charge in [-0.3, -0.25) is 4.90 Å². The summed E-state index contributed by atoms with van der Waals surface area (Å²) in [6, 6.07) is 0.357. The van der Waals surface area contributed by atoms with Crippen LogP contribution < -0.4 is 5.32 Å². The van der Waals surface area contributed by atoms with Crippen LogP contribution in [0.25, 0.3) is 0 Å². The van der Waals surface area contributed by atoms with Crippen molar-refractivity contribution in [1.29, 1.82) is 0 Å². The van der Waals surface area contributed by atoms with Crippen molar-refractivity contribution in [3.8, 4) is 0 Å². The van der Waals surface area contributed by atoms with Crippen molar-refractivity contribution in [3.05, 3.63) is 11.7 Å². The number of nitrogens with one attached hydrogen (secondary N) is 1. The van der Waals surface area contributed by atoms with E-state index < -0.39 is 0 Å². The first-order chi connectivity index (χ1) is 8.38. The van der Waals surface area contributed by atoms with Crippen LogP contribution in [0.5, 0.6) is 0 Å². The lowest BCUT2D eigenvalue weighted by Gasteiger charge is -2.18. The Morgan fingerprint density at radius 3 is 3.18 bits per heavy atom. The van der Waals surface area contributed by atoms with Gasteiger partial charge in [-0.1, -0.05) is 12.1 Å². The molecule has 0 aliphatic carbocycles. The van der Waals surface area contributed by atoms with Crippen LogP contribution in [0, 0.1) is 0 Å². The van der Waals surface area contributed by atoms with Crippen LogP contribution in [-0.2, 0) is 0 Å². The highest BCUT2D eigenvalue weighted by Gasteiger charge is 2.31. The van der Waals surface area contributed by atoms with E-state index in [2.05, 4.69) is 27.3 Å². The van der Waals surface area contributed by atoms with Crippen LogP contribution in [-0.4, -0.2) is 41.2 Å². The van der Waals surface area contributed by atoms with Crippen molar-refractivity contribution in [3.63, 3.8) is 0 Å². The van der Waals surface area contributed by atoms with Gasteiger partial charge in [-0.25, -0.2) is 0 Å². The molecule has 3 rings (SSSR count). The molecular weight excluding hydrogens is 216 g/mol. The molecule has 2 aliphatic rings. The Bertz CT molecular complexity index is 372. The number of aromatic nitrogens is 2. The number of likely N-dealkylation sites (tertiary alicyclic amines) is 1. The Labute approximate surface area is 102 Å². The maximum absolute atomic E-state index is 5.46. The van der Waals surface area contributed by atoms with Crippen LogP contribution in [0.4, 0.5) is 0 Å². The monoisotopic (exact) mass is 236 g/mol. The molecule has 2 saturated heterocycles. The molecule has 1 N–H and O–H groups in total. The zero-order valence-corrected chi connectivity index (χ0v) is 10.4. The minimum atomic E-state index is 0.357. The first-order valence-corrected chi connectivity index (χ1v) is 6.66. The van der Waals surface area contributed by atoms with E-state index in [1.165, 1.54) is 6.42 Å². The maximum atomic E-state index is 5.46. The number of hydrogen-bond acceptors (Lipinski definition) is 5. The second kappa shape index (κ2) is 4.74. The Morgan fingerprint density at radius 1 is 1.47 bits per heavy atom. The topological polar surface area (TPSA) is 54.2 Å². The van der Waals surface area contributed by atoms with E-state index in [1.54, 1.807) is 0 Å². The minimum absolute atomic E-state index is 0.357. The molecule has 0 radical (unpaired) electrons. The molecule has 2 unspecified atom stereocenters. The minimum Gasteiger partial charge on any atom is -0.338 e. The van der Waals surface area contributed by atoms with Crippen molar-refractivity contribution in [1.82, 2.24) is 20.4 Å². The number of nitrogens with zero attached hydrogens (tertiary/aromatic N) is 3. The molecule has 17 heavy (non-hydrogen) atoms. The van der Waals surface area contributed by atoms with Crippen molar-refractivity contribution in [2.24, 2.45) is 0 Å². The lowest BCUT2D eigenvalue weighted by Crippen LogP contribution is -2.22. The SMILES string of the molecule is CCN1CCCC1c1nc(C2CCNC2)no1. The van der Waals surface area contributed by atoms with Gasteiger partial charge in [-0.05, 0) is 38.9 Å². The van der Waals surface area contributed by atoms with E-state index in [9.17, 15) is 0 Å². The van der Waals surface area contributed by atoms with Crippen molar-refractivity contribution >= 4 is 0 Å². The molecule has 0 aromatic carbocycles. The Balaban J connectivity index is 1.75. The molecule has 0 bridgehead atoms. The summed E-state index contributed by atoms with van der Waals surface area (Å²) in [6.07, 6.45) is 3.51. The molecule has 1 aromatic heterocycles. The summed E-state index contributed by atoms with van der Waals surface area (Å²) in [7, 11) is 0. The number of hydrogen-bond donors (Lipinski definition) is 1. The second-order valence-corrected chi connectivity index (χ2v) is 4.97.